The van der Waals surface area contributed by atoms with Crippen molar-refractivity contribution in [3.05, 3.63) is 0 Å². The molecule has 104 valence electrons. The lowest BCUT2D eigenvalue weighted by Gasteiger charge is -2.26. The van der Waals surface area contributed by atoms with Crippen LogP contribution in [0.1, 0.15) is 58.3 Å². The first-order valence-electron chi connectivity index (χ1n) is 7.80. The molecule has 1 unspecified atom stereocenters. The molecule has 0 spiro atoms. The van der Waals surface area contributed by atoms with Crippen LogP contribution in [0.5, 0.6) is 0 Å². The van der Waals surface area contributed by atoms with Crippen molar-refractivity contribution >= 4 is 5.91 Å². The maximum Gasteiger partial charge on any atom is 0.222 e. The van der Waals surface area contributed by atoms with Gasteiger partial charge in [-0.25, -0.2) is 0 Å². The van der Waals surface area contributed by atoms with E-state index < -0.39 is 0 Å². The SMILES string of the molecule is CCCN(CC1CCCN1)C(=O)CC1CCCC1. The highest BCUT2D eigenvalue weighted by Crippen LogP contribution is 2.28. The molecule has 18 heavy (non-hydrogen) atoms. The van der Waals surface area contributed by atoms with E-state index in [0.29, 0.717) is 17.9 Å². The summed E-state index contributed by atoms with van der Waals surface area (Å²) in [5.41, 5.74) is 0. The van der Waals surface area contributed by atoms with E-state index in [1.54, 1.807) is 0 Å². The zero-order valence-electron chi connectivity index (χ0n) is 11.8. The Bertz CT molecular complexity index is 255. The van der Waals surface area contributed by atoms with Crippen molar-refractivity contribution in [2.24, 2.45) is 5.92 Å². The van der Waals surface area contributed by atoms with Crippen LogP contribution in [0, 0.1) is 5.92 Å². The van der Waals surface area contributed by atoms with Crippen LogP contribution in [0.2, 0.25) is 0 Å². The molecule has 2 fully saturated rings. The van der Waals surface area contributed by atoms with Gasteiger partial charge in [-0.3, -0.25) is 4.79 Å². The monoisotopic (exact) mass is 252 g/mol. The number of nitrogens with zero attached hydrogens (tertiary/aromatic N) is 1. The summed E-state index contributed by atoms with van der Waals surface area (Å²) in [5.74, 6) is 1.07. The number of nitrogens with one attached hydrogen (secondary N) is 1. The van der Waals surface area contributed by atoms with Crippen molar-refractivity contribution in [1.82, 2.24) is 10.2 Å². The molecule has 0 aromatic rings. The minimum Gasteiger partial charge on any atom is -0.341 e. The van der Waals surface area contributed by atoms with Crippen LogP contribution in [-0.4, -0.2) is 36.5 Å². The van der Waals surface area contributed by atoms with Crippen LogP contribution in [0.15, 0.2) is 0 Å². The van der Waals surface area contributed by atoms with E-state index in [2.05, 4.69) is 17.1 Å². The molecule has 3 heteroatoms. The van der Waals surface area contributed by atoms with Gasteiger partial charge in [-0.1, -0.05) is 19.8 Å². The maximum absolute atomic E-state index is 12.4. The Morgan fingerprint density at radius 2 is 2.00 bits per heavy atom. The fourth-order valence-corrected chi connectivity index (χ4v) is 3.36. The third-order valence-corrected chi connectivity index (χ3v) is 4.39. The normalized spacial score (nSPS) is 24.6. The molecule has 0 aromatic heterocycles. The molecule has 1 aliphatic heterocycles. The molecule has 1 aliphatic carbocycles. The molecule has 2 aliphatic rings. The zero-order chi connectivity index (χ0) is 12.8. The van der Waals surface area contributed by atoms with Crippen LogP contribution in [0.25, 0.3) is 0 Å². The van der Waals surface area contributed by atoms with Crippen molar-refractivity contribution in [1.29, 1.82) is 0 Å². The molecule has 1 heterocycles. The van der Waals surface area contributed by atoms with Crippen LogP contribution >= 0.6 is 0 Å². The number of amides is 1. The van der Waals surface area contributed by atoms with Gasteiger partial charge < -0.3 is 10.2 Å². The van der Waals surface area contributed by atoms with Gasteiger partial charge in [0.2, 0.25) is 5.91 Å². The largest absolute Gasteiger partial charge is 0.341 e. The Kier molecular flexibility index (Phi) is 5.48. The van der Waals surface area contributed by atoms with Gasteiger partial charge >= 0.3 is 0 Å². The van der Waals surface area contributed by atoms with Crippen LogP contribution in [0.4, 0.5) is 0 Å². The predicted molar refractivity (Wildman–Crippen MR) is 74.5 cm³/mol. The summed E-state index contributed by atoms with van der Waals surface area (Å²) in [5, 5.41) is 3.50. The summed E-state index contributed by atoms with van der Waals surface area (Å²) < 4.78 is 0. The Labute approximate surface area is 111 Å². The van der Waals surface area contributed by atoms with E-state index in [9.17, 15) is 4.79 Å². The fourth-order valence-electron chi connectivity index (χ4n) is 3.36. The second kappa shape index (κ2) is 7.13. The summed E-state index contributed by atoms with van der Waals surface area (Å²) in [4.78, 5) is 14.5. The summed E-state index contributed by atoms with van der Waals surface area (Å²) >= 11 is 0. The zero-order valence-corrected chi connectivity index (χ0v) is 11.8. The molecule has 1 saturated heterocycles. The first-order valence-corrected chi connectivity index (χ1v) is 7.80. The average molecular weight is 252 g/mol. The number of rotatable bonds is 6. The molecule has 1 atom stereocenters. The molecule has 1 saturated carbocycles. The topological polar surface area (TPSA) is 32.3 Å². The third kappa shape index (κ3) is 3.98. The van der Waals surface area contributed by atoms with E-state index in [0.717, 1.165) is 32.5 Å². The molecule has 0 bridgehead atoms. The van der Waals surface area contributed by atoms with Crippen LogP contribution < -0.4 is 5.32 Å². The molecule has 1 amide bonds. The smallest absolute Gasteiger partial charge is 0.222 e. The molecule has 0 radical (unpaired) electrons. The Morgan fingerprint density at radius 3 is 2.61 bits per heavy atom. The lowest BCUT2D eigenvalue weighted by atomic mass is 10.0. The van der Waals surface area contributed by atoms with Gasteiger partial charge in [0.25, 0.3) is 0 Å². The van der Waals surface area contributed by atoms with Crippen LogP contribution in [-0.2, 0) is 4.79 Å². The molecule has 1 N–H and O–H groups in total. The highest BCUT2D eigenvalue weighted by Gasteiger charge is 2.24. The van der Waals surface area contributed by atoms with Crippen LogP contribution in [0.3, 0.4) is 0 Å². The molecule has 3 nitrogen and oxygen atoms in total. The van der Waals surface area contributed by atoms with Gasteiger partial charge in [0, 0.05) is 25.6 Å². The van der Waals surface area contributed by atoms with Crippen molar-refractivity contribution < 1.29 is 4.79 Å². The average Bonchev–Trinajstić information content (AvgIpc) is 3.01. The van der Waals surface area contributed by atoms with Crippen molar-refractivity contribution in [3.8, 4) is 0 Å². The molecular weight excluding hydrogens is 224 g/mol. The Balaban J connectivity index is 1.80. The Hall–Kier alpha value is -0.570. The van der Waals surface area contributed by atoms with Gasteiger partial charge in [0.15, 0.2) is 0 Å². The highest BCUT2D eigenvalue weighted by molar-refractivity contribution is 5.76. The number of hydrogen-bond donors (Lipinski definition) is 1. The van der Waals surface area contributed by atoms with E-state index >= 15 is 0 Å². The third-order valence-electron chi connectivity index (χ3n) is 4.39. The van der Waals surface area contributed by atoms with E-state index in [1.807, 2.05) is 0 Å². The van der Waals surface area contributed by atoms with E-state index in [1.165, 1.54) is 38.5 Å². The van der Waals surface area contributed by atoms with Gasteiger partial charge in [-0.2, -0.15) is 0 Å². The van der Waals surface area contributed by atoms with Crippen molar-refractivity contribution in [3.63, 3.8) is 0 Å². The fraction of sp³-hybridized carbons (Fsp3) is 0.933. The lowest BCUT2D eigenvalue weighted by molar-refractivity contribution is -0.132. The number of carbonyl (C=O) groups is 1. The quantitative estimate of drug-likeness (QED) is 0.788. The maximum atomic E-state index is 12.4. The van der Waals surface area contributed by atoms with Crippen molar-refractivity contribution in [2.45, 2.75) is 64.3 Å². The second-order valence-corrected chi connectivity index (χ2v) is 5.99. The molecule has 2 rings (SSSR count). The first-order chi connectivity index (χ1) is 8.79. The summed E-state index contributed by atoms with van der Waals surface area (Å²) in [6.45, 7) is 5.16. The number of carbonyl (C=O) groups excluding carboxylic acids is 1. The van der Waals surface area contributed by atoms with Gasteiger partial charge in [0.05, 0.1) is 0 Å². The van der Waals surface area contributed by atoms with Crippen molar-refractivity contribution in [2.75, 3.05) is 19.6 Å². The van der Waals surface area contributed by atoms with E-state index in [-0.39, 0.29) is 0 Å². The Morgan fingerprint density at radius 1 is 1.22 bits per heavy atom. The van der Waals surface area contributed by atoms with Gasteiger partial charge in [-0.15, -0.1) is 0 Å². The number of hydrogen-bond acceptors (Lipinski definition) is 2. The highest BCUT2D eigenvalue weighted by atomic mass is 16.2. The molecule has 0 aromatic carbocycles. The summed E-state index contributed by atoms with van der Waals surface area (Å²) in [6.07, 6.45) is 9.57. The first kappa shape index (κ1) is 13.9. The minimum atomic E-state index is 0.400. The second-order valence-electron chi connectivity index (χ2n) is 5.99. The summed E-state index contributed by atoms with van der Waals surface area (Å²) in [6, 6.07) is 0.545. The minimum absolute atomic E-state index is 0.400. The van der Waals surface area contributed by atoms with Gasteiger partial charge in [-0.05, 0) is 44.6 Å². The molecular formula is C15H28N2O. The predicted octanol–water partition coefficient (Wildman–Crippen LogP) is 2.56. The van der Waals surface area contributed by atoms with Gasteiger partial charge in [0.1, 0.15) is 0 Å². The summed E-state index contributed by atoms with van der Waals surface area (Å²) in [7, 11) is 0. The standard InChI is InChI=1S/C15H28N2O/c1-2-10-17(12-14-8-5-9-16-14)15(18)11-13-6-3-4-7-13/h13-14,16H,2-12H2,1H3. The van der Waals surface area contributed by atoms with E-state index in [4.69, 9.17) is 0 Å². The lowest BCUT2D eigenvalue weighted by Crippen LogP contribution is -2.42.